The van der Waals surface area contributed by atoms with Crippen molar-refractivity contribution >= 4 is 11.8 Å². The average molecular weight is 378 g/mol. The number of nitrogens with zero attached hydrogens (tertiary/aromatic N) is 1. The summed E-state index contributed by atoms with van der Waals surface area (Å²) in [6, 6.07) is 6.29. The van der Waals surface area contributed by atoms with Crippen LogP contribution in [0.2, 0.25) is 0 Å². The smallest absolute Gasteiger partial charge is 0.143 e. The number of aliphatic imine (C=N–C) groups is 1. The molecule has 3 heterocycles. The summed E-state index contributed by atoms with van der Waals surface area (Å²) in [5.74, 6) is 0.829. The number of aliphatic hydroxyl groups is 1. The van der Waals surface area contributed by atoms with Gasteiger partial charge in [-0.2, -0.15) is 0 Å². The molecule has 1 aliphatic carbocycles. The second-order valence-electron chi connectivity index (χ2n) is 8.10. The summed E-state index contributed by atoms with van der Waals surface area (Å²) in [6.45, 7) is 2.27. The normalized spacial score (nSPS) is 21.6. The van der Waals surface area contributed by atoms with Crippen molar-refractivity contribution in [1.29, 1.82) is 0 Å². The van der Waals surface area contributed by atoms with E-state index in [1.54, 1.807) is 6.08 Å². The van der Waals surface area contributed by atoms with Gasteiger partial charge in [-0.05, 0) is 61.4 Å². The highest BCUT2D eigenvalue weighted by molar-refractivity contribution is 6.10. The van der Waals surface area contributed by atoms with Crippen LogP contribution in [0.1, 0.15) is 86.9 Å². The Balaban J connectivity index is 1.68. The summed E-state index contributed by atoms with van der Waals surface area (Å²) in [6.07, 6.45) is 17.0. The minimum atomic E-state index is 0.237. The Bertz CT molecular complexity index is 883. The molecular formula is C24H31N3O. The van der Waals surface area contributed by atoms with E-state index in [4.69, 9.17) is 0 Å². The molecule has 0 spiro atoms. The van der Waals surface area contributed by atoms with Crippen LogP contribution in [0.3, 0.4) is 0 Å². The number of unbranched alkanes of at least 4 members (excludes halogenated alkanes) is 1. The van der Waals surface area contributed by atoms with Gasteiger partial charge in [-0.3, -0.25) is 0 Å². The number of hydrogen-bond acceptors (Lipinski definition) is 2. The monoisotopic (exact) mass is 377 g/mol. The first-order chi connectivity index (χ1) is 13.7. The first-order valence-corrected chi connectivity index (χ1v) is 10.8. The number of allylic oxidation sites excluding steroid dienone is 1. The molecule has 4 nitrogen and oxygen atoms in total. The fourth-order valence-corrected chi connectivity index (χ4v) is 4.40. The molecule has 28 heavy (non-hydrogen) atoms. The number of aromatic amines is 2. The van der Waals surface area contributed by atoms with E-state index in [-0.39, 0.29) is 5.76 Å². The number of H-pyrrole nitrogens is 2. The van der Waals surface area contributed by atoms with E-state index in [9.17, 15) is 5.11 Å². The van der Waals surface area contributed by atoms with Gasteiger partial charge in [-0.15, -0.1) is 0 Å². The predicted octanol–water partition coefficient (Wildman–Crippen LogP) is 6.41. The topological polar surface area (TPSA) is 64.2 Å². The van der Waals surface area contributed by atoms with Crippen LogP contribution < -0.4 is 0 Å². The molecule has 2 aliphatic rings. The van der Waals surface area contributed by atoms with Crippen molar-refractivity contribution in [2.45, 2.75) is 70.6 Å². The van der Waals surface area contributed by atoms with E-state index in [0.29, 0.717) is 11.6 Å². The molecule has 0 radical (unpaired) electrons. The largest absolute Gasteiger partial charge is 0.506 e. The van der Waals surface area contributed by atoms with Gasteiger partial charge < -0.3 is 15.1 Å². The second-order valence-corrected chi connectivity index (χ2v) is 8.10. The Morgan fingerprint density at radius 3 is 2.96 bits per heavy atom. The van der Waals surface area contributed by atoms with Gasteiger partial charge in [0.2, 0.25) is 0 Å². The van der Waals surface area contributed by atoms with Gasteiger partial charge in [-0.25, -0.2) is 4.99 Å². The van der Waals surface area contributed by atoms with E-state index >= 15 is 0 Å². The maximum atomic E-state index is 10.5. The van der Waals surface area contributed by atoms with Crippen molar-refractivity contribution in [1.82, 2.24) is 9.97 Å². The van der Waals surface area contributed by atoms with E-state index in [1.165, 1.54) is 62.6 Å². The minimum Gasteiger partial charge on any atom is -0.506 e. The molecule has 1 unspecified atom stereocenters. The molecule has 2 bridgehead atoms. The highest BCUT2D eigenvalue weighted by Gasteiger charge is 2.21. The number of nitrogens with one attached hydrogen (secondary N) is 2. The Morgan fingerprint density at radius 2 is 2.14 bits per heavy atom. The van der Waals surface area contributed by atoms with Gasteiger partial charge in [0.05, 0.1) is 11.4 Å². The van der Waals surface area contributed by atoms with Crippen molar-refractivity contribution in [3.05, 3.63) is 64.6 Å². The molecular weight excluding hydrogens is 346 g/mol. The molecule has 0 amide bonds. The first kappa shape index (κ1) is 18.9. The zero-order valence-corrected chi connectivity index (χ0v) is 16.8. The highest BCUT2D eigenvalue weighted by atomic mass is 16.3. The standard InChI is InChI=1S/C24H31N3O/c1-2-3-9-17-10-6-4-5-7-11-18-14-19(17)21(26-18)15-23-24(28)16-22(27-23)20-12-8-13-25-20/h8,12-17,25-26,28H,2-7,9-11H2,1H3. The van der Waals surface area contributed by atoms with Crippen molar-refractivity contribution in [2.75, 3.05) is 0 Å². The van der Waals surface area contributed by atoms with E-state index in [1.807, 2.05) is 24.4 Å². The summed E-state index contributed by atoms with van der Waals surface area (Å²) in [7, 11) is 0. The summed E-state index contributed by atoms with van der Waals surface area (Å²) < 4.78 is 0. The molecule has 1 atom stereocenters. The molecule has 4 rings (SSSR count). The third-order valence-electron chi connectivity index (χ3n) is 5.96. The Hall–Kier alpha value is -2.49. The maximum absolute atomic E-state index is 10.5. The van der Waals surface area contributed by atoms with Crippen molar-refractivity contribution in [3.8, 4) is 0 Å². The fourth-order valence-electron chi connectivity index (χ4n) is 4.40. The lowest BCUT2D eigenvalue weighted by atomic mass is 9.87. The maximum Gasteiger partial charge on any atom is 0.143 e. The molecule has 0 saturated carbocycles. The van der Waals surface area contributed by atoms with Crippen molar-refractivity contribution in [3.63, 3.8) is 0 Å². The second kappa shape index (κ2) is 8.68. The van der Waals surface area contributed by atoms with Crippen LogP contribution in [0, 0.1) is 0 Å². The van der Waals surface area contributed by atoms with Crippen LogP contribution in [-0.2, 0) is 6.42 Å². The van der Waals surface area contributed by atoms with Crippen molar-refractivity contribution in [2.24, 2.45) is 4.99 Å². The van der Waals surface area contributed by atoms with Crippen LogP contribution in [0.4, 0.5) is 0 Å². The Labute approximate surface area is 167 Å². The Morgan fingerprint density at radius 1 is 1.25 bits per heavy atom. The third kappa shape index (κ3) is 4.16. The zero-order chi connectivity index (χ0) is 19.3. The van der Waals surface area contributed by atoms with Gasteiger partial charge in [0.25, 0.3) is 0 Å². The lowest BCUT2D eigenvalue weighted by molar-refractivity contribution is 0.426. The molecule has 1 aliphatic heterocycles. The van der Waals surface area contributed by atoms with Crippen molar-refractivity contribution < 1.29 is 5.11 Å². The molecule has 2 aromatic rings. The van der Waals surface area contributed by atoms with Gasteiger partial charge >= 0.3 is 0 Å². The number of aromatic nitrogens is 2. The van der Waals surface area contributed by atoms with E-state index in [0.717, 1.165) is 23.5 Å². The third-order valence-corrected chi connectivity index (χ3v) is 5.96. The number of aliphatic hydroxyl groups excluding tert-OH is 1. The zero-order valence-electron chi connectivity index (χ0n) is 16.8. The molecule has 0 fully saturated rings. The van der Waals surface area contributed by atoms with Gasteiger partial charge in [-0.1, -0.05) is 39.0 Å². The molecule has 3 N–H and O–H groups in total. The van der Waals surface area contributed by atoms with Crippen LogP contribution in [0.15, 0.2) is 46.9 Å². The summed E-state index contributed by atoms with van der Waals surface area (Å²) in [5.41, 5.74) is 6.21. The SMILES string of the molecule is CCCCC1CCCCCCc2cc1c(C=C1N=C(c3ccc[nH]3)C=C1O)[nH]2. The number of fused-ring (bicyclic) bond motifs is 2. The summed E-state index contributed by atoms with van der Waals surface area (Å²) >= 11 is 0. The Kier molecular flexibility index (Phi) is 5.84. The van der Waals surface area contributed by atoms with Gasteiger partial charge in [0.1, 0.15) is 11.5 Å². The van der Waals surface area contributed by atoms with Crippen LogP contribution in [0.25, 0.3) is 6.08 Å². The van der Waals surface area contributed by atoms with Crippen LogP contribution in [0.5, 0.6) is 0 Å². The van der Waals surface area contributed by atoms with Crippen LogP contribution >= 0.6 is 0 Å². The minimum absolute atomic E-state index is 0.237. The lowest BCUT2D eigenvalue weighted by Gasteiger charge is -2.17. The molecule has 2 aromatic heterocycles. The highest BCUT2D eigenvalue weighted by Crippen LogP contribution is 2.34. The summed E-state index contributed by atoms with van der Waals surface area (Å²) in [5, 5.41) is 10.5. The van der Waals surface area contributed by atoms with Gasteiger partial charge in [0.15, 0.2) is 0 Å². The van der Waals surface area contributed by atoms with Crippen LogP contribution in [-0.4, -0.2) is 20.8 Å². The lowest BCUT2D eigenvalue weighted by Crippen LogP contribution is -2.01. The van der Waals surface area contributed by atoms with E-state index in [2.05, 4.69) is 28.0 Å². The average Bonchev–Trinajstić information content (AvgIpc) is 3.42. The predicted molar refractivity (Wildman–Crippen MR) is 116 cm³/mol. The molecule has 4 heteroatoms. The first-order valence-electron chi connectivity index (χ1n) is 10.8. The number of aryl methyl sites for hydroxylation is 1. The fraction of sp³-hybridized carbons (Fsp3) is 0.458. The summed E-state index contributed by atoms with van der Waals surface area (Å²) in [4.78, 5) is 11.5. The molecule has 0 saturated heterocycles. The quantitative estimate of drug-likeness (QED) is 0.554. The number of hydrogen-bond donors (Lipinski definition) is 3. The number of rotatable bonds is 5. The van der Waals surface area contributed by atoms with E-state index < -0.39 is 0 Å². The van der Waals surface area contributed by atoms with Gasteiger partial charge in [0, 0.05) is 23.7 Å². The molecule has 0 aromatic carbocycles. The molecule has 148 valence electrons.